The van der Waals surface area contributed by atoms with E-state index in [0.29, 0.717) is 29.0 Å². The molecule has 0 spiro atoms. The first-order valence-electron chi connectivity index (χ1n) is 6.93. The highest BCUT2D eigenvalue weighted by Gasteiger charge is 2.14. The maximum atomic E-state index is 13.3. The van der Waals surface area contributed by atoms with Crippen LogP contribution in [0.15, 0.2) is 36.5 Å². The van der Waals surface area contributed by atoms with Gasteiger partial charge in [0.05, 0.1) is 10.7 Å². The van der Waals surface area contributed by atoms with E-state index in [1.165, 1.54) is 12.1 Å². The summed E-state index contributed by atoms with van der Waals surface area (Å²) in [5, 5.41) is 4.37. The van der Waals surface area contributed by atoms with Crippen molar-refractivity contribution in [1.29, 1.82) is 0 Å². The molecule has 3 aromatic rings. The van der Waals surface area contributed by atoms with Gasteiger partial charge in [-0.2, -0.15) is 5.10 Å². The third kappa shape index (κ3) is 2.60. The van der Waals surface area contributed by atoms with E-state index in [0.717, 1.165) is 6.42 Å². The zero-order chi connectivity index (χ0) is 15.7. The molecule has 0 aliphatic heterocycles. The maximum absolute atomic E-state index is 13.3. The molecule has 0 bridgehead atoms. The van der Waals surface area contributed by atoms with Gasteiger partial charge in [0.15, 0.2) is 11.4 Å². The zero-order valence-corrected chi connectivity index (χ0v) is 12.6. The minimum atomic E-state index is -0.477. The molecule has 0 radical (unpaired) electrons. The summed E-state index contributed by atoms with van der Waals surface area (Å²) in [6.45, 7) is 1.94. The standard InChI is InChI=1S/C16H13ClFN3O/c1-2-3-15(22)13-9-16-19-7-6-14(21(16)20-13)10-4-5-12(18)11(17)8-10/h4-9H,2-3H2,1H3. The molecule has 0 aliphatic rings. The van der Waals surface area contributed by atoms with Crippen molar-refractivity contribution in [2.75, 3.05) is 0 Å². The predicted molar refractivity (Wildman–Crippen MR) is 82.6 cm³/mol. The fourth-order valence-corrected chi connectivity index (χ4v) is 2.44. The highest BCUT2D eigenvalue weighted by molar-refractivity contribution is 6.31. The molecule has 0 atom stereocenters. The Morgan fingerprint density at radius 1 is 1.32 bits per heavy atom. The predicted octanol–water partition coefficient (Wildman–Crippen LogP) is 4.17. The topological polar surface area (TPSA) is 47.3 Å². The number of ketones is 1. The van der Waals surface area contributed by atoms with Gasteiger partial charge in [-0.05, 0) is 30.7 Å². The lowest BCUT2D eigenvalue weighted by atomic mass is 10.1. The number of fused-ring (bicyclic) bond motifs is 1. The van der Waals surface area contributed by atoms with Crippen molar-refractivity contribution in [2.45, 2.75) is 19.8 Å². The molecule has 112 valence electrons. The lowest BCUT2D eigenvalue weighted by Crippen LogP contribution is -2.01. The summed E-state index contributed by atoms with van der Waals surface area (Å²) in [6, 6.07) is 7.85. The van der Waals surface area contributed by atoms with Gasteiger partial charge < -0.3 is 0 Å². The van der Waals surface area contributed by atoms with Crippen molar-refractivity contribution in [2.24, 2.45) is 0 Å². The number of hydrogen-bond acceptors (Lipinski definition) is 3. The smallest absolute Gasteiger partial charge is 0.183 e. The fraction of sp³-hybridized carbons (Fsp3) is 0.188. The van der Waals surface area contributed by atoms with Crippen LogP contribution in [0.25, 0.3) is 16.9 Å². The number of rotatable bonds is 4. The van der Waals surface area contributed by atoms with Crippen LogP contribution in [0.1, 0.15) is 30.3 Å². The molecule has 0 unspecified atom stereocenters. The molecule has 2 heterocycles. The normalized spacial score (nSPS) is 11.0. The van der Waals surface area contributed by atoms with Gasteiger partial charge in [0.25, 0.3) is 0 Å². The number of halogens is 2. The molecule has 0 saturated heterocycles. The lowest BCUT2D eigenvalue weighted by molar-refractivity contribution is 0.0976. The van der Waals surface area contributed by atoms with Crippen molar-refractivity contribution >= 4 is 23.0 Å². The summed E-state index contributed by atoms with van der Waals surface area (Å²) in [4.78, 5) is 16.2. The summed E-state index contributed by atoms with van der Waals surface area (Å²) < 4.78 is 14.9. The Labute approximate surface area is 131 Å². The summed E-state index contributed by atoms with van der Waals surface area (Å²) in [5.74, 6) is -0.494. The molecule has 0 N–H and O–H groups in total. The third-order valence-electron chi connectivity index (χ3n) is 3.34. The first-order valence-corrected chi connectivity index (χ1v) is 7.31. The maximum Gasteiger partial charge on any atom is 0.183 e. The number of benzene rings is 1. The molecule has 0 amide bonds. The minimum Gasteiger partial charge on any atom is -0.292 e. The molecule has 0 saturated carbocycles. The molecule has 22 heavy (non-hydrogen) atoms. The number of aromatic nitrogens is 3. The Morgan fingerprint density at radius 2 is 2.14 bits per heavy atom. The highest BCUT2D eigenvalue weighted by Crippen LogP contribution is 2.25. The number of carbonyl (C=O) groups excluding carboxylic acids is 1. The van der Waals surface area contributed by atoms with Gasteiger partial charge in [0, 0.05) is 24.2 Å². The van der Waals surface area contributed by atoms with Crippen LogP contribution in [0.2, 0.25) is 5.02 Å². The average molecular weight is 318 g/mol. The van der Waals surface area contributed by atoms with E-state index in [1.807, 2.05) is 6.92 Å². The molecule has 6 heteroatoms. The van der Waals surface area contributed by atoms with Gasteiger partial charge in [0.1, 0.15) is 11.5 Å². The first kappa shape index (κ1) is 14.7. The van der Waals surface area contributed by atoms with Crippen LogP contribution in [-0.4, -0.2) is 20.4 Å². The molecular weight excluding hydrogens is 305 g/mol. The van der Waals surface area contributed by atoms with E-state index < -0.39 is 5.82 Å². The summed E-state index contributed by atoms with van der Waals surface area (Å²) in [5.41, 5.74) is 2.35. The molecule has 4 nitrogen and oxygen atoms in total. The van der Waals surface area contributed by atoms with Crippen LogP contribution in [0, 0.1) is 5.82 Å². The molecule has 0 aliphatic carbocycles. The second-order valence-corrected chi connectivity index (χ2v) is 5.34. The first-order chi connectivity index (χ1) is 10.6. The molecule has 2 aromatic heterocycles. The van der Waals surface area contributed by atoms with Gasteiger partial charge in [-0.3, -0.25) is 4.79 Å². The van der Waals surface area contributed by atoms with Crippen molar-refractivity contribution in [3.63, 3.8) is 0 Å². The summed E-state index contributed by atoms with van der Waals surface area (Å²) >= 11 is 5.84. The Kier molecular flexibility index (Phi) is 3.90. The molecular formula is C16H13ClFN3O. The van der Waals surface area contributed by atoms with Gasteiger partial charge in [-0.1, -0.05) is 18.5 Å². The SMILES string of the molecule is CCCC(=O)c1cc2nccc(-c3ccc(F)c(Cl)c3)n2n1. The summed E-state index contributed by atoms with van der Waals surface area (Å²) in [7, 11) is 0. The van der Waals surface area contributed by atoms with Crippen LogP contribution >= 0.6 is 11.6 Å². The van der Waals surface area contributed by atoms with Crippen LogP contribution in [0.4, 0.5) is 4.39 Å². The number of carbonyl (C=O) groups is 1. The van der Waals surface area contributed by atoms with E-state index in [9.17, 15) is 9.18 Å². The van der Waals surface area contributed by atoms with Crippen LogP contribution in [0.3, 0.4) is 0 Å². The summed E-state index contributed by atoms with van der Waals surface area (Å²) in [6.07, 6.45) is 2.83. The molecule has 1 aromatic carbocycles. The van der Waals surface area contributed by atoms with Crippen molar-refractivity contribution < 1.29 is 9.18 Å². The Bertz CT molecular complexity index is 860. The minimum absolute atomic E-state index is 0.0175. The average Bonchev–Trinajstić information content (AvgIpc) is 2.94. The second-order valence-electron chi connectivity index (χ2n) is 4.93. The number of nitrogens with zero attached hydrogens (tertiary/aromatic N) is 3. The van der Waals surface area contributed by atoms with Crippen LogP contribution < -0.4 is 0 Å². The van der Waals surface area contributed by atoms with Crippen LogP contribution in [0.5, 0.6) is 0 Å². The van der Waals surface area contributed by atoms with Gasteiger partial charge in [-0.25, -0.2) is 13.9 Å². The van der Waals surface area contributed by atoms with E-state index in [4.69, 9.17) is 11.6 Å². The zero-order valence-electron chi connectivity index (χ0n) is 11.9. The second kappa shape index (κ2) is 5.85. The molecule has 3 rings (SSSR count). The van der Waals surface area contributed by atoms with E-state index in [2.05, 4.69) is 10.1 Å². The Hall–Kier alpha value is -2.27. The quantitative estimate of drug-likeness (QED) is 0.678. The molecule has 0 fully saturated rings. The monoisotopic (exact) mass is 317 g/mol. The van der Waals surface area contributed by atoms with Crippen molar-refractivity contribution in [3.8, 4) is 11.3 Å². The van der Waals surface area contributed by atoms with E-state index >= 15 is 0 Å². The highest BCUT2D eigenvalue weighted by atomic mass is 35.5. The van der Waals surface area contributed by atoms with Gasteiger partial charge in [-0.15, -0.1) is 0 Å². The number of hydrogen-bond donors (Lipinski definition) is 0. The van der Waals surface area contributed by atoms with E-state index in [-0.39, 0.29) is 10.8 Å². The van der Waals surface area contributed by atoms with Crippen LogP contribution in [-0.2, 0) is 0 Å². The van der Waals surface area contributed by atoms with Gasteiger partial charge >= 0.3 is 0 Å². The van der Waals surface area contributed by atoms with Gasteiger partial charge in [0.2, 0.25) is 0 Å². The third-order valence-corrected chi connectivity index (χ3v) is 3.63. The Morgan fingerprint density at radius 3 is 2.86 bits per heavy atom. The fourth-order valence-electron chi connectivity index (χ4n) is 2.26. The van der Waals surface area contributed by atoms with E-state index in [1.54, 1.807) is 28.9 Å². The number of Topliss-reactive ketones (excluding diaryl/α,β-unsaturated/α-hetero) is 1. The lowest BCUT2D eigenvalue weighted by Gasteiger charge is -2.05. The Balaban J connectivity index is 2.13. The van der Waals surface area contributed by atoms with Crippen molar-refractivity contribution in [1.82, 2.24) is 14.6 Å². The van der Waals surface area contributed by atoms with Crippen molar-refractivity contribution in [3.05, 3.63) is 53.1 Å². The largest absolute Gasteiger partial charge is 0.292 e.